The highest BCUT2D eigenvalue weighted by Gasteiger charge is 2.42. The van der Waals surface area contributed by atoms with Crippen LogP contribution in [0.5, 0.6) is 0 Å². The van der Waals surface area contributed by atoms with Gasteiger partial charge >= 0.3 is 12.4 Å². The molecule has 0 N–H and O–H groups in total. The molecule has 166 valence electrons. The zero-order valence-electron chi connectivity index (χ0n) is 16.0. The number of nitrogens with zero attached hydrogens (tertiary/aromatic N) is 5. The van der Waals surface area contributed by atoms with E-state index in [1.165, 1.54) is 34.1 Å². The number of carbonyl (C=O) groups is 1. The van der Waals surface area contributed by atoms with Gasteiger partial charge in [-0.15, -0.1) is 0 Å². The molecular formula is C19H17F6N5O. The van der Waals surface area contributed by atoms with Crippen LogP contribution in [0.1, 0.15) is 23.2 Å². The summed E-state index contributed by atoms with van der Waals surface area (Å²) in [6, 6.07) is 3.13. The molecule has 1 atom stereocenters. The zero-order chi connectivity index (χ0) is 22.4. The maximum absolute atomic E-state index is 13.0. The van der Waals surface area contributed by atoms with Crippen LogP contribution < -0.4 is 0 Å². The third-order valence-corrected chi connectivity index (χ3v) is 5.18. The molecule has 1 amide bonds. The zero-order valence-corrected chi connectivity index (χ0v) is 16.0. The number of halogens is 6. The molecule has 3 aromatic heterocycles. The summed E-state index contributed by atoms with van der Waals surface area (Å²) in [6.45, 7) is -1.38. The van der Waals surface area contributed by atoms with Crippen LogP contribution in [-0.2, 0) is 6.54 Å². The van der Waals surface area contributed by atoms with Gasteiger partial charge in [-0.25, -0.2) is 4.98 Å². The van der Waals surface area contributed by atoms with Crippen LogP contribution >= 0.6 is 0 Å². The average molecular weight is 445 g/mol. The average Bonchev–Trinajstić information content (AvgIpc) is 3.31. The first-order chi connectivity index (χ1) is 14.5. The molecule has 0 aliphatic carbocycles. The van der Waals surface area contributed by atoms with Crippen LogP contribution in [-0.4, -0.2) is 55.6 Å². The van der Waals surface area contributed by atoms with E-state index < -0.39 is 30.7 Å². The molecule has 1 aliphatic rings. The molecule has 1 aliphatic heterocycles. The van der Waals surface area contributed by atoms with Crippen molar-refractivity contribution in [3.8, 4) is 5.69 Å². The van der Waals surface area contributed by atoms with Crippen LogP contribution in [0.4, 0.5) is 26.3 Å². The summed E-state index contributed by atoms with van der Waals surface area (Å²) in [5.41, 5.74) is 0.894. The van der Waals surface area contributed by atoms with Gasteiger partial charge in [-0.05, 0) is 25.0 Å². The highest BCUT2D eigenvalue weighted by molar-refractivity contribution is 5.97. The minimum Gasteiger partial charge on any atom is -0.338 e. The molecule has 0 aromatic carbocycles. The third-order valence-electron chi connectivity index (χ3n) is 5.18. The molecule has 4 heterocycles. The fraction of sp³-hybridized carbons (Fsp3) is 0.421. The van der Waals surface area contributed by atoms with E-state index in [1.54, 1.807) is 12.3 Å². The second-order valence-electron chi connectivity index (χ2n) is 7.47. The van der Waals surface area contributed by atoms with Crippen LogP contribution in [0.15, 0.2) is 36.9 Å². The Morgan fingerprint density at radius 3 is 2.65 bits per heavy atom. The molecular weight excluding hydrogens is 428 g/mol. The smallest absolute Gasteiger partial charge is 0.338 e. The molecule has 0 spiro atoms. The second kappa shape index (κ2) is 7.57. The van der Waals surface area contributed by atoms with E-state index in [0.29, 0.717) is 16.7 Å². The molecule has 0 saturated carbocycles. The first-order valence-electron chi connectivity index (χ1n) is 9.44. The summed E-state index contributed by atoms with van der Waals surface area (Å²) in [6.07, 6.45) is -3.18. The SMILES string of the molecule is O=C(c1cnc2c(ccn2-c2cnn(CC(F)(F)F)c2)c1)N1CCCC(C(F)(F)F)C1. The minimum atomic E-state index is -4.41. The third kappa shape index (κ3) is 4.52. The van der Waals surface area contributed by atoms with Crippen molar-refractivity contribution < 1.29 is 31.1 Å². The molecule has 31 heavy (non-hydrogen) atoms. The minimum absolute atomic E-state index is 0.00453. The maximum atomic E-state index is 13.0. The largest absolute Gasteiger partial charge is 0.408 e. The summed E-state index contributed by atoms with van der Waals surface area (Å²) in [7, 11) is 0. The number of pyridine rings is 1. The predicted molar refractivity (Wildman–Crippen MR) is 97.6 cm³/mol. The molecule has 12 heteroatoms. The van der Waals surface area contributed by atoms with Crippen molar-refractivity contribution in [1.82, 2.24) is 24.2 Å². The van der Waals surface area contributed by atoms with Crippen molar-refractivity contribution in [2.45, 2.75) is 31.7 Å². The Labute approximate surface area is 172 Å². The Bertz CT molecular complexity index is 1100. The molecule has 0 bridgehead atoms. The van der Waals surface area contributed by atoms with Gasteiger partial charge in [0.05, 0.1) is 23.4 Å². The Hall–Kier alpha value is -3.05. The van der Waals surface area contributed by atoms with Crippen LogP contribution in [0.25, 0.3) is 16.7 Å². The number of carbonyl (C=O) groups excluding carboxylic acids is 1. The van der Waals surface area contributed by atoms with Gasteiger partial charge in [-0.3, -0.25) is 14.0 Å². The Morgan fingerprint density at radius 2 is 1.94 bits per heavy atom. The lowest BCUT2D eigenvalue weighted by Crippen LogP contribution is -2.44. The second-order valence-corrected chi connectivity index (χ2v) is 7.47. The van der Waals surface area contributed by atoms with Gasteiger partial charge in [0.15, 0.2) is 0 Å². The molecule has 1 saturated heterocycles. The van der Waals surface area contributed by atoms with Crippen molar-refractivity contribution in [3.05, 3.63) is 42.5 Å². The number of aromatic nitrogens is 4. The molecule has 6 nitrogen and oxygen atoms in total. The predicted octanol–water partition coefficient (Wildman–Crippen LogP) is 4.20. The number of amides is 1. The van der Waals surface area contributed by atoms with Crippen molar-refractivity contribution in [1.29, 1.82) is 0 Å². The van der Waals surface area contributed by atoms with Gasteiger partial charge in [0.1, 0.15) is 12.2 Å². The van der Waals surface area contributed by atoms with Gasteiger partial charge < -0.3 is 4.90 Å². The maximum Gasteiger partial charge on any atom is 0.408 e. The number of fused-ring (bicyclic) bond motifs is 1. The quantitative estimate of drug-likeness (QED) is 0.568. The highest BCUT2D eigenvalue weighted by Crippen LogP contribution is 2.33. The van der Waals surface area contributed by atoms with Crippen molar-refractivity contribution >= 4 is 16.9 Å². The molecule has 1 fully saturated rings. The van der Waals surface area contributed by atoms with Crippen LogP contribution in [0.3, 0.4) is 0 Å². The van der Waals surface area contributed by atoms with E-state index >= 15 is 0 Å². The lowest BCUT2D eigenvalue weighted by Gasteiger charge is -2.33. The van der Waals surface area contributed by atoms with Crippen molar-refractivity contribution in [2.75, 3.05) is 13.1 Å². The lowest BCUT2D eigenvalue weighted by molar-refractivity contribution is -0.184. The Morgan fingerprint density at radius 1 is 1.16 bits per heavy atom. The van der Waals surface area contributed by atoms with Crippen LogP contribution in [0, 0.1) is 5.92 Å². The molecule has 4 rings (SSSR count). The molecule has 0 radical (unpaired) electrons. The van der Waals surface area contributed by atoms with E-state index in [4.69, 9.17) is 0 Å². The van der Waals surface area contributed by atoms with Crippen LogP contribution in [0.2, 0.25) is 0 Å². The van der Waals surface area contributed by atoms with E-state index in [-0.39, 0.29) is 31.5 Å². The summed E-state index contributed by atoms with van der Waals surface area (Å²) in [5.74, 6) is -2.08. The van der Waals surface area contributed by atoms with E-state index in [2.05, 4.69) is 10.1 Å². The summed E-state index contributed by atoms with van der Waals surface area (Å²) < 4.78 is 78.9. The normalized spacial score (nSPS) is 18.0. The summed E-state index contributed by atoms with van der Waals surface area (Å²) in [4.78, 5) is 18.1. The fourth-order valence-electron chi connectivity index (χ4n) is 3.71. The van der Waals surface area contributed by atoms with Gasteiger partial charge in [-0.1, -0.05) is 0 Å². The van der Waals surface area contributed by atoms with E-state index in [1.807, 2.05) is 0 Å². The van der Waals surface area contributed by atoms with Gasteiger partial charge in [0.25, 0.3) is 5.91 Å². The first kappa shape index (κ1) is 21.2. The number of hydrogen-bond donors (Lipinski definition) is 0. The number of alkyl halides is 6. The lowest BCUT2D eigenvalue weighted by atomic mass is 9.97. The monoisotopic (exact) mass is 445 g/mol. The number of hydrogen-bond acceptors (Lipinski definition) is 3. The summed E-state index contributed by atoms with van der Waals surface area (Å²) >= 11 is 0. The summed E-state index contributed by atoms with van der Waals surface area (Å²) in [5, 5.41) is 4.22. The van der Waals surface area contributed by atoms with Gasteiger partial charge in [-0.2, -0.15) is 31.4 Å². The number of piperidine rings is 1. The van der Waals surface area contributed by atoms with Gasteiger partial charge in [0, 0.05) is 37.1 Å². The van der Waals surface area contributed by atoms with Gasteiger partial charge in [0.2, 0.25) is 0 Å². The van der Waals surface area contributed by atoms with Crippen molar-refractivity contribution in [3.63, 3.8) is 0 Å². The number of likely N-dealkylation sites (tertiary alicyclic amines) is 1. The Balaban J connectivity index is 1.56. The van der Waals surface area contributed by atoms with E-state index in [9.17, 15) is 31.1 Å². The Kier molecular flexibility index (Phi) is 5.18. The number of rotatable bonds is 3. The van der Waals surface area contributed by atoms with E-state index in [0.717, 1.165) is 4.68 Å². The van der Waals surface area contributed by atoms with Crippen molar-refractivity contribution in [2.24, 2.45) is 5.92 Å². The standard InChI is InChI=1S/C19H17F6N5O/c20-18(21,22)11-29-10-15(8-27-29)30-5-3-12-6-13(7-26-16(12)30)17(31)28-4-1-2-14(9-28)19(23,24)25/h3,5-8,10,14H,1-2,4,9,11H2. The highest BCUT2D eigenvalue weighted by atomic mass is 19.4. The molecule has 1 unspecified atom stereocenters. The first-order valence-corrected chi connectivity index (χ1v) is 9.44. The topological polar surface area (TPSA) is 56.0 Å². The fourth-order valence-corrected chi connectivity index (χ4v) is 3.71. The molecule has 3 aromatic rings.